The fourth-order valence-corrected chi connectivity index (χ4v) is 2.42. The Bertz CT molecular complexity index is 605. The van der Waals surface area contributed by atoms with Gasteiger partial charge in [-0.25, -0.2) is 0 Å². The van der Waals surface area contributed by atoms with Crippen LogP contribution in [0, 0.1) is 14.9 Å². The van der Waals surface area contributed by atoms with E-state index in [1.54, 1.807) is 0 Å². The van der Waals surface area contributed by atoms with Crippen molar-refractivity contribution in [3.05, 3.63) is 57.7 Å². The second-order valence-electron chi connectivity index (χ2n) is 4.39. The molecule has 0 bridgehead atoms. The van der Waals surface area contributed by atoms with Crippen molar-refractivity contribution in [1.82, 2.24) is 0 Å². The van der Waals surface area contributed by atoms with Crippen LogP contribution in [-0.4, -0.2) is 6.61 Å². The van der Waals surface area contributed by atoms with Crippen LogP contribution in [-0.2, 0) is 0 Å². The van der Waals surface area contributed by atoms with Gasteiger partial charge in [-0.3, -0.25) is 0 Å². The molecule has 0 radical (unpaired) electrons. The molecule has 0 aromatic heterocycles. The molecule has 1 unspecified atom stereocenters. The molecule has 0 heterocycles. The highest BCUT2D eigenvalue weighted by atomic mass is 127. The maximum absolute atomic E-state index is 8.47. The minimum absolute atomic E-state index is 0.0790. The molecular weight excluding hydrogens is 363 g/mol. The van der Waals surface area contributed by atoms with E-state index in [-0.39, 0.29) is 12.6 Å². The zero-order valence-electron chi connectivity index (χ0n) is 11.1. The minimum Gasteiger partial charge on any atom is -0.479 e. The van der Waals surface area contributed by atoms with Crippen molar-refractivity contribution in [3.63, 3.8) is 0 Å². The number of anilines is 1. The summed E-state index contributed by atoms with van der Waals surface area (Å²) in [7, 11) is 0. The molecule has 0 fully saturated rings. The summed E-state index contributed by atoms with van der Waals surface area (Å²) in [4.78, 5) is 0. The highest BCUT2D eigenvalue weighted by Crippen LogP contribution is 2.22. The molecule has 0 saturated heterocycles. The van der Waals surface area contributed by atoms with Crippen LogP contribution < -0.4 is 10.1 Å². The van der Waals surface area contributed by atoms with E-state index in [1.165, 1.54) is 9.13 Å². The van der Waals surface area contributed by atoms with Gasteiger partial charge in [0.15, 0.2) is 6.61 Å². The van der Waals surface area contributed by atoms with Crippen LogP contribution in [0.1, 0.15) is 18.5 Å². The molecule has 0 amide bonds. The van der Waals surface area contributed by atoms with Crippen molar-refractivity contribution in [2.75, 3.05) is 11.9 Å². The number of nitrogens with one attached hydrogen (secondary N) is 1. The number of nitriles is 1. The average Bonchev–Trinajstić information content (AvgIpc) is 2.45. The molecule has 3 nitrogen and oxygen atoms in total. The highest BCUT2D eigenvalue weighted by molar-refractivity contribution is 14.1. The number of rotatable bonds is 5. The maximum Gasteiger partial charge on any atom is 0.174 e. The second kappa shape index (κ2) is 7.15. The molecular formula is C16H15IN2O. The second-order valence-corrected chi connectivity index (χ2v) is 5.64. The van der Waals surface area contributed by atoms with Gasteiger partial charge >= 0.3 is 0 Å². The predicted molar refractivity (Wildman–Crippen MR) is 88.7 cm³/mol. The topological polar surface area (TPSA) is 45.0 Å². The number of nitrogens with zero attached hydrogens (tertiary/aromatic N) is 1. The lowest BCUT2D eigenvalue weighted by Gasteiger charge is -2.16. The normalized spacial score (nSPS) is 11.4. The van der Waals surface area contributed by atoms with Gasteiger partial charge < -0.3 is 10.1 Å². The largest absolute Gasteiger partial charge is 0.479 e. The summed E-state index contributed by atoms with van der Waals surface area (Å²) >= 11 is 2.30. The van der Waals surface area contributed by atoms with Gasteiger partial charge in [0.1, 0.15) is 11.8 Å². The van der Waals surface area contributed by atoms with Crippen LogP contribution in [0.3, 0.4) is 0 Å². The molecule has 1 N–H and O–H groups in total. The third-order valence-electron chi connectivity index (χ3n) is 2.89. The fourth-order valence-electron chi connectivity index (χ4n) is 1.88. The first-order chi connectivity index (χ1) is 9.69. The molecule has 2 aromatic carbocycles. The van der Waals surface area contributed by atoms with Crippen LogP contribution in [0.25, 0.3) is 0 Å². The maximum atomic E-state index is 8.47. The summed E-state index contributed by atoms with van der Waals surface area (Å²) < 4.78 is 6.45. The Morgan fingerprint density at radius 3 is 2.65 bits per heavy atom. The molecule has 0 aliphatic rings. The smallest absolute Gasteiger partial charge is 0.174 e. The van der Waals surface area contributed by atoms with Gasteiger partial charge in [-0.05, 0) is 65.4 Å². The van der Waals surface area contributed by atoms with E-state index in [0.717, 1.165) is 11.4 Å². The molecule has 0 saturated carbocycles. The molecule has 0 aliphatic carbocycles. The molecule has 102 valence electrons. The summed E-state index contributed by atoms with van der Waals surface area (Å²) in [6.07, 6.45) is 0. The fraction of sp³-hybridized carbons (Fsp3) is 0.188. The number of benzene rings is 2. The van der Waals surface area contributed by atoms with E-state index in [1.807, 2.05) is 36.4 Å². The summed E-state index contributed by atoms with van der Waals surface area (Å²) in [6.45, 7) is 2.20. The first-order valence-corrected chi connectivity index (χ1v) is 7.39. The summed E-state index contributed by atoms with van der Waals surface area (Å²) in [5, 5.41) is 11.9. The highest BCUT2D eigenvalue weighted by Gasteiger charge is 2.05. The van der Waals surface area contributed by atoms with Crippen LogP contribution in [0.15, 0.2) is 48.5 Å². The SMILES string of the molecule is CC(Nc1cccc(I)c1)c1ccc(OCC#N)cc1. The van der Waals surface area contributed by atoms with Gasteiger partial charge in [0.05, 0.1) is 0 Å². The van der Waals surface area contributed by atoms with E-state index < -0.39 is 0 Å². The van der Waals surface area contributed by atoms with E-state index >= 15 is 0 Å². The van der Waals surface area contributed by atoms with Crippen molar-refractivity contribution in [1.29, 1.82) is 5.26 Å². The van der Waals surface area contributed by atoms with E-state index in [4.69, 9.17) is 10.00 Å². The third-order valence-corrected chi connectivity index (χ3v) is 3.56. The number of halogens is 1. The predicted octanol–water partition coefficient (Wildman–Crippen LogP) is 4.37. The Hall–Kier alpha value is -1.74. The number of hydrogen-bond acceptors (Lipinski definition) is 3. The van der Waals surface area contributed by atoms with Crippen molar-refractivity contribution in [3.8, 4) is 11.8 Å². The molecule has 2 rings (SSSR count). The standard InChI is InChI=1S/C16H15IN2O/c1-12(19-15-4-2-3-14(17)11-15)13-5-7-16(8-6-13)20-10-9-18/h2-8,11-12,19H,10H2,1H3. The van der Waals surface area contributed by atoms with E-state index in [9.17, 15) is 0 Å². The third kappa shape index (κ3) is 4.14. The van der Waals surface area contributed by atoms with Gasteiger partial charge in [-0.1, -0.05) is 18.2 Å². The Labute approximate surface area is 132 Å². The van der Waals surface area contributed by atoms with Gasteiger partial charge in [0.2, 0.25) is 0 Å². The van der Waals surface area contributed by atoms with Crippen LogP contribution in [0.4, 0.5) is 5.69 Å². The van der Waals surface area contributed by atoms with Crippen LogP contribution in [0.5, 0.6) is 5.75 Å². The summed E-state index contributed by atoms with van der Waals surface area (Å²) in [6, 6.07) is 18.2. The Balaban J connectivity index is 2.02. The van der Waals surface area contributed by atoms with Gasteiger partial charge in [-0.2, -0.15) is 5.26 Å². The minimum atomic E-state index is 0.0790. The van der Waals surface area contributed by atoms with Crippen molar-refractivity contribution >= 4 is 28.3 Å². The summed E-state index contributed by atoms with van der Waals surface area (Å²) in [5.74, 6) is 0.719. The Morgan fingerprint density at radius 1 is 1.25 bits per heavy atom. The molecule has 0 spiro atoms. The lowest BCUT2D eigenvalue weighted by atomic mass is 10.1. The zero-order valence-corrected chi connectivity index (χ0v) is 13.3. The van der Waals surface area contributed by atoms with Gasteiger partial charge in [-0.15, -0.1) is 0 Å². The average molecular weight is 378 g/mol. The zero-order chi connectivity index (χ0) is 14.4. The monoisotopic (exact) mass is 378 g/mol. The van der Waals surface area contributed by atoms with Gasteiger partial charge in [0, 0.05) is 15.3 Å². The lowest BCUT2D eigenvalue weighted by molar-refractivity contribution is 0.368. The van der Waals surface area contributed by atoms with Crippen molar-refractivity contribution < 1.29 is 4.74 Å². The van der Waals surface area contributed by atoms with Crippen molar-refractivity contribution in [2.45, 2.75) is 13.0 Å². The van der Waals surface area contributed by atoms with E-state index in [2.05, 4.69) is 53.0 Å². The molecule has 0 aliphatic heterocycles. The molecule has 20 heavy (non-hydrogen) atoms. The van der Waals surface area contributed by atoms with Gasteiger partial charge in [0.25, 0.3) is 0 Å². The Kier molecular flexibility index (Phi) is 5.24. The Morgan fingerprint density at radius 2 is 2.00 bits per heavy atom. The van der Waals surface area contributed by atoms with Crippen LogP contribution in [0.2, 0.25) is 0 Å². The first kappa shape index (κ1) is 14.7. The summed E-state index contributed by atoms with van der Waals surface area (Å²) in [5.41, 5.74) is 2.28. The molecule has 4 heteroatoms. The molecule has 1 atom stereocenters. The number of hydrogen-bond donors (Lipinski definition) is 1. The van der Waals surface area contributed by atoms with Crippen molar-refractivity contribution in [2.24, 2.45) is 0 Å². The van der Waals surface area contributed by atoms with Crippen LogP contribution >= 0.6 is 22.6 Å². The first-order valence-electron chi connectivity index (χ1n) is 6.31. The number of ether oxygens (including phenoxy) is 1. The van der Waals surface area contributed by atoms with E-state index in [0.29, 0.717) is 0 Å². The quantitative estimate of drug-likeness (QED) is 0.787. The molecule has 2 aromatic rings. The lowest BCUT2D eigenvalue weighted by Crippen LogP contribution is -2.06.